The number of nitrogens with zero attached hydrogens (tertiary/aromatic N) is 6. The number of hydrogen-bond acceptors (Lipinski definition) is 7. The van der Waals surface area contributed by atoms with Crippen LogP contribution < -0.4 is 5.73 Å². The van der Waals surface area contributed by atoms with Crippen molar-refractivity contribution in [2.24, 2.45) is 0 Å². The van der Waals surface area contributed by atoms with E-state index in [0.717, 1.165) is 49.5 Å². The third-order valence-electron chi connectivity index (χ3n) is 7.12. The molecule has 1 unspecified atom stereocenters. The predicted molar refractivity (Wildman–Crippen MR) is 126 cm³/mol. The molecule has 9 nitrogen and oxygen atoms in total. The number of piperazine rings is 1. The number of carbonyl (C=O) groups is 1. The summed E-state index contributed by atoms with van der Waals surface area (Å²) in [6.07, 6.45) is 3.63. The van der Waals surface area contributed by atoms with Crippen molar-refractivity contribution >= 4 is 28.7 Å². The Kier molecular flexibility index (Phi) is 4.63. The van der Waals surface area contributed by atoms with Crippen molar-refractivity contribution in [3.63, 3.8) is 0 Å². The Balaban J connectivity index is 1.22. The minimum Gasteiger partial charge on any atom is -0.424 e. The molecule has 33 heavy (non-hydrogen) atoms. The molecule has 2 aliphatic heterocycles. The summed E-state index contributed by atoms with van der Waals surface area (Å²) < 4.78 is 7.25. The van der Waals surface area contributed by atoms with Crippen molar-refractivity contribution in [1.29, 1.82) is 0 Å². The van der Waals surface area contributed by atoms with Crippen LogP contribution in [0, 0.1) is 0 Å². The van der Waals surface area contributed by atoms with Gasteiger partial charge < -0.3 is 20.0 Å². The molecule has 3 aromatic heterocycles. The Morgan fingerprint density at radius 2 is 1.94 bits per heavy atom. The topological polar surface area (TPSA) is 96.1 Å². The SMILES string of the molecule is CC1CN(C2CN(C(=O)c3cnc4ccc(-c5ccc6oc(N)nc6c5)cn34)C2)CCN1C. The molecule has 6 rings (SSSR count). The third kappa shape index (κ3) is 3.44. The van der Waals surface area contributed by atoms with Gasteiger partial charge in [-0.1, -0.05) is 6.07 Å². The fourth-order valence-electron chi connectivity index (χ4n) is 4.86. The van der Waals surface area contributed by atoms with E-state index < -0.39 is 0 Å². The number of likely N-dealkylation sites (N-methyl/N-ethyl adjacent to an activating group) is 1. The van der Waals surface area contributed by atoms with E-state index in [-0.39, 0.29) is 11.9 Å². The van der Waals surface area contributed by atoms with Crippen molar-refractivity contribution in [1.82, 2.24) is 29.1 Å². The van der Waals surface area contributed by atoms with Gasteiger partial charge in [0.05, 0.1) is 6.20 Å². The first-order valence-corrected chi connectivity index (χ1v) is 11.3. The number of hydrogen-bond donors (Lipinski definition) is 1. The molecule has 1 aromatic carbocycles. The number of amides is 1. The van der Waals surface area contributed by atoms with Crippen molar-refractivity contribution < 1.29 is 9.21 Å². The van der Waals surface area contributed by atoms with Crippen LogP contribution in [0.5, 0.6) is 0 Å². The zero-order valence-electron chi connectivity index (χ0n) is 18.8. The van der Waals surface area contributed by atoms with Gasteiger partial charge in [0.15, 0.2) is 5.58 Å². The van der Waals surface area contributed by atoms with Crippen LogP contribution in [0.25, 0.3) is 27.9 Å². The van der Waals surface area contributed by atoms with E-state index in [4.69, 9.17) is 10.2 Å². The molecule has 0 spiro atoms. The van der Waals surface area contributed by atoms with Crippen LogP contribution in [0.2, 0.25) is 0 Å². The standard InChI is InChI=1S/C24H27N7O2/c1-15-11-29(8-7-28(15)2)18-13-30(14-18)23(32)20-10-26-22-6-4-17(12-31(20)22)16-3-5-21-19(9-16)27-24(25)33-21/h3-6,9-10,12,15,18H,7-8,11,13-14H2,1-2H3,(H2,25,27). The summed E-state index contributed by atoms with van der Waals surface area (Å²) in [5.74, 6) is 0.0257. The van der Waals surface area contributed by atoms with Crippen LogP contribution in [-0.2, 0) is 0 Å². The summed E-state index contributed by atoms with van der Waals surface area (Å²) in [5.41, 5.74) is 10.3. The number of nitrogens with two attached hydrogens (primary N) is 1. The summed E-state index contributed by atoms with van der Waals surface area (Å²) in [6, 6.07) is 10.8. The number of likely N-dealkylation sites (tertiary alicyclic amines) is 1. The van der Waals surface area contributed by atoms with Gasteiger partial charge in [-0.05, 0) is 49.4 Å². The summed E-state index contributed by atoms with van der Waals surface area (Å²) in [5, 5.41) is 0. The maximum Gasteiger partial charge on any atom is 0.292 e. The Morgan fingerprint density at radius 1 is 1.12 bits per heavy atom. The molecule has 4 aromatic rings. The Morgan fingerprint density at radius 3 is 2.76 bits per heavy atom. The van der Waals surface area contributed by atoms with E-state index in [1.807, 2.05) is 45.8 Å². The quantitative estimate of drug-likeness (QED) is 0.516. The highest BCUT2D eigenvalue weighted by Crippen LogP contribution is 2.27. The average Bonchev–Trinajstić information content (AvgIpc) is 3.36. The molecule has 2 N–H and O–H groups in total. The van der Waals surface area contributed by atoms with Crippen molar-refractivity contribution in [3.05, 3.63) is 48.4 Å². The first-order valence-electron chi connectivity index (χ1n) is 11.3. The van der Waals surface area contributed by atoms with E-state index in [1.54, 1.807) is 6.20 Å². The minimum atomic E-state index is 0.0257. The maximum absolute atomic E-state index is 13.3. The lowest BCUT2D eigenvalue weighted by atomic mass is 10.0. The molecular weight excluding hydrogens is 418 g/mol. The average molecular weight is 446 g/mol. The lowest BCUT2D eigenvalue weighted by molar-refractivity contribution is -0.00187. The molecule has 2 saturated heterocycles. The molecule has 0 bridgehead atoms. The fraction of sp³-hybridized carbons (Fsp3) is 0.375. The van der Waals surface area contributed by atoms with Crippen molar-refractivity contribution in [2.75, 3.05) is 45.5 Å². The van der Waals surface area contributed by atoms with Gasteiger partial charge in [-0.2, -0.15) is 4.98 Å². The number of pyridine rings is 1. The Labute approximate surface area is 191 Å². The third-order valence-corrected chi connectivity index (χ3v) is 7.12. The van der Waals surface area contributed by atoms with Gasteiger partial charge in [0, 0.05) is 51.0 Å². The van der Waals surface area contributed by atoms with E-state index in [0.29, 0.717) is 28.9 Å². The molecule has 0 saturated carbocycles. The largest absolute Gasteiger partial charge is 0.424 e. The first kappa shape index (κ1) is 20.2. The second kappa shape index (κ2) is 7.57. The molecule has 0 radical (unpaired) electrons. The normalized spacial score (nSPS) is 20.5. The number of nitrogen functional groups attached to an aromatic ring is 1. The minimum absolute atomic E-state index is 0.0257. The zero-order valence-corrected chi connectivity index (χ0v) is 18.8. The number of benzene rings is 1. The van der Waals surface area contributed by atoms with E-state index in [1.165, 1.54) is 0 Å². The highest BCUT2D eigenvalue weighted by molar-refractivity contribution is 5.94. The molecule has 1 amide bonds. The molecule has 5 heterocycles. The number of fused-ring (bicyclic) bond motifs is 2. The summed E-state index contributed by atoms with van der Waals surface area (Å²) >= 11 is 0. The second-order valence-corrected chi connectivity index (χ2v) is 9.21. The number of oxazole rings is 1. The highest BCUT2D eigenvalue weighted by Gasteiger charge is 2.38. The highest BCUT2D eigenvalue weighted by atomic mass is 16.4. The second-order valence-electron chi connectivity index (χ2n) is 9.21. The number of imidazole rings is 1. The maximum atomic E-state index is 13.3. The number of anilines is 1. The fourth-order valence-corrected chi connectivity index (χ4v) is 4.86. The number of rotatable bonds is 3. The van der Waals surface area contributed by atoms with Gasteiger partial charge in [-0.15, -0.1) is 0 Å². The molecule has 2 aliphatic rings. The van der Waals surface area contributed by atoms with Crippen LogP contribution in [-0.4, -0.2) is 86.8 Å². The van der Waals surface area contributed by atoms with Crippen molar-refractivity contribution in [3.8, 4) is 11.1 Å². The Hall–Kier alpha value is -3.43. The lowest BCUT2D eigenvalue weighted by Crippen LogP contribution is -2.65. The van der Waals surface area contributed by atoms with Gasteiger partial charge in [0.2, 0.25) is 0 Å². The van der Waals surface area contributed by atoms with Crippen LogP contribution in [0.4, 0.5) is 6.01 Å². The summed E-state index contributed by atoms with van der Waals surface area (Å²) in [4.78, 5) is 28.8. The Bertz CT molecular complexity index is 1350. The first-order chi connectivity index (χ1) is 16.0. The monoisotopic (exact) mass is 445 g/mol. The van der Waals surface area contributed by atoms with E-state index in [9.17, 15) is 4.79 Å². The molecule has 170 valence electrons. The van der Waals surface area contributed by atoms with E-state index in [2.05, 4.69) is 33.7 Å². The van der Waals surface area contributed by atoms with Gasteiger partial charge in [-0.3, -0.25) is 14.1 Å². The van der Waals surface area contributed by atoms with Gasteiger partial charge in [0.1, 0.15) is 16.9 Å². The van der Waals surface area contributed by atoms with E-state index >= 15 is 0 Å². The number of aromatic nitrogens is 3. The molecule has 9 heteroatoms. The van der Waals surface area contributed by atoms with Gasteiger partial charge >= 0.3 is 0 Å². The molecule has 1 atom stereocenters. The van der Waals surface area contributed by atoms with Crippen molar-refractivity contribution in [2.45, 2.75) is 19.0 Å². The molecular formula is C24H27N7O2. The van der Waals surface area contributed by atoms with Crippen LogP contribution in [0.1, 0.15) is 17.4 Å². The van der Waals surface area contributed by atoms with Crippen LogP contribution in [0.15, 0.2) is 47.1 Å². The summed E-state index contributed by atoms with van der Waals surface area (Å²) in [7, 11) is 2.18. The summed E-state index contributed by atoms with van der Waals surface area (Å²) in [6.45, 7) is 7.00. The van der Waals surface area contributed by atoms with Crippen LogP contribution in [0.3, 0.4) is 0 Å². The molecule has 2 fully saturated rings. The lowest BCUT2D eigenvalue weighted by Gasteiger charge is -2.49. The zero-order chi connectivity index (χ0) is 22.7. The number of carbonyl (C=O) groups excluding carboxylic acids is 1. The molecule has 0 aliphatic carbocycles. The van der Waals surface area contributed by atoms with Gasteiger partial charge in [0.25, 0.3) is 11.9 Å². The van der Waals surface area contributed by atoms with Crippen LogP contribution >= 0.6 is 0 Å². The smallest absolute Gasteiger partial charge is 0.292 e. The predicted octanol–water partition coefficient (Wildman–Crippen LogP) is 2.18. The van der Waals surface area contributed by atoms with Gasteiger partial charge in [-0.25, -0.2) is 4.98 Å².